The van der Waals surface area contributed by atoms with Crippen LogP contribution in [0, 0.1) is 0 Å². The van der Waals surface area contributed by atoms with E-state index >= 15 is 0 Å². The Morgan fingerprint density at radius 1 is 0.963 bits per heavy atom. The van der Waals surface area contributed by atoms with Crippen LogP contribution < -0.4 is 10.2 Å². The first-order chi connectivity index (χ1) is 13.0. The Labute approximate surface area is 154 Å². The molecule has 3 aromatic rings. The molecule has 7 heteroatoms. The number of methoxy groups -OCH3 is 3. The monoisotopic (exact) mass is 370 g/mol. The van der Waals surface area contributed by atoms with Gasteiger partial charge in [0.05, 0.1) is 44.9 Å². The maximum absolute atomic E-state index is 13.1. The van der Waals surface area contributed by atoms with E-state index < -0.39 is 11.9 Å². The Morgan fingerprint density at radius 2 is 1.59 bits per heavy atom. The van der Waals surface area contributed by atoms with Crippen molar-refractivity contribution in [3.8, 4) is 5.75 Å². The number of esters is 2. The van der Waals surface area contributed by atoms with Crippen LogP contribution in [0.25, 0.3) is 21.9 Å². The topological polar surface area (TPSA) is 92.0 Å². The van der Waals surface area contributed by atoms with E-state index in [0.717, 1.165) is 0 Å². The molecule has 0 unspecified atom stereocenters. The molecule has 1 aromatic heterocycles. The van der Waals surface area contributed by atoms with Crippen molar-refractivity contribution < 1.29 is 28.2 Å². The zero-order valence-corrected chi connectivity index (χ0v) is 15.2. The fourth-order valence-electron chi connectivity index (χ4n) is 3.04. The molecular formula is C20H18O7. The quantitative estimate of drug-likeness (QED) is 0.503. The number of hydrogen-bond acceptors (Lipinski definition) is 7. The zero-order valence-electron chi connectivity index (χ0n) is 15.2. The van der Waals surface area contributed by atoms with Crippen LogP contribution in [-0.4, -0.2) is 33.3 Å². The Bertz CT molecular complexity index is 1090. The van der Waals surface area contributed by atoms with E-state index in [2.05, 4.69) is 0 Å². The number of para-hydroxylation sites is 1. The highest BCUT2D eigenvalue weighted by molar-refractivity contribution is 5.97. The molecule has 0 aliphatic carbocycles. The molecule has 0 saturated carbocycles. The molecule has 0 bridgehead atoms. The maximum atomic E-state index is 13.1. The number of carbonyl (C=O) groups is 2. The minimum atomic E-state index is -0.516. The number of ether oxygens (including phenoxy) is 3. The number of benzene rings is 2. The van der Waals surface area contributed by atoms with Gasteiger partial charge in [-0.15, -0.1) is 0 Å². The van der Waals surface area contributed by atoms with E-state index in [0.29, 0.717) is 22.1 Å². The third-order valence-corrected chi connectivity index (χ3v) is 4.29. The summed E-state index contributed by atoms with van der Waals surface area (Å²) >= 11 is 0. The van der Waals surface area contributed by atoms with Crippen molar-refractivity contribution in [2.75, 3.05) is 21.3 Å². The van der Waals surface area contributed by atoms with Crippen LogP contribution >= 0.6 is 0 Å². The summed E-state index contributed by atoms with van der Waals surface area (Å²) in [4.78, 5) is 36.7. The first kappa shape index (κ1) is 18.4. The maximum Gasteiger partial charge on any atom is 0.310 e. The summed E-state index contributed by atoms with van der Waals surface area (Å²) in [6.07, 6.45) is -0.241. The molecule has 0 saturated heterocycles. The van der Waals surface area contributed by atoms with Gasteiger partial charge in [-0.05, 0) is 23.8 Å². The Morgan fingerprint density at radius 3 is 2.22 bits per heavy atom. The van der Waals surface area contributed by atoms with Gasteiger partial charge in [-0.3, -0.25) is 14.4 Å². The molecule has 2 aromatic carbocycles. The second kappa shape index (κ2) is 7.49. The van der Waals surface area contributed by atoms with Gasteiger partial charge in [-0.1, -0.05) is 12.1 Å². The fraction of sp³-hybridized carbons (Fsp3) is 0.250. The molecular weight excluding hydrogens is 352 g/mol. The van der Waals surface area contributed by atoms with Crippen LogP contribution in [0.2, 0.25) is 0 Å². The van der Waals surface area contributed by atoms with Gasteiger partial charge in [0, 0.05) is 5.56 Å². The molecule has 0 fully saturated rings. The minimum absolute atomic E-state index is 0.0969. The molecule has 1 heterocycles. The lowest BCUT2D eigenvalue weighted by atomic mass is 9.98. The second-order valence-electron chi connectivity index (χ2n) is 5.87. The molecule has 0 radical (unpaired) electrons. The first-order valence-corrected chi connectivity index (χ1v) is 8.18. The standard InChI is InChI=1S/C20H18O7/c1-24-15(21)9-11-8-12(10-16(22)25-2)19(26-3)20-17(11)18(23)13-6-4-5-7-14(13)27-20/h4-8H,9-10H2,1-3H3. The van der Waals surface area contributed by atoms with Crippen molar-refractivity contribution in [3.05, 3.63) is 51.7 Å². The van der Waals surface area contributed by atoms with Gasteiger partial charge in [-0.25, -0.2) is 0 Å². The van der Waals surface area contributed by atoms with E-state index in [1.54, 1.807) is 30.3 Å². The number of hydrogen-bond donors (Lipinski definition) is 0. The molecule has 0 atom stereocenters. The van der Waals surface area contributed by atoms with Gasteiger partial charge in [0.1, 0.15) is 5.58 Å². The summed E-state index contributed by atoms with van der Waals surface area (Å²) in [5, 5.41) is 0.614. The molecule has 0 spiro atoms. The van der Waals surface area contributed by atoms with Crippen molar-refractivity contribution >= 4 is 33.9 Å². The van der Waals surface area contributed by atoms with Crippen LogP contribution in [0.15, 0.2) is 39.5 Å². The normalized spacial score (nSPS) is 10.8. The Hall–Kier alpha value is -3.35. The highest BCUT2D eigenvalue weighted by Gasteiger charge is 2.22. The number of rotatable bonds is 5. The molecule has 3 rings (SSSR count). The van der Waals surface area contributed by atoms with Gasteiger partial charge >= 0.3 is 11.9 Å². The van der Waals surface area contributed by atoms with Gasteiger partial charge < -0.3 is 18.6 Å². The van der Waals surface area contributed by atoms with Gasteiger partial charge in [0.15, 0.2) is 11.3 Å². The van der Waals surface area contributed by atoms with Crippen LogP contribution in [0.5, 0.6) is 5.75 Å². The van der Waals surface area contributed by atoms with Crippen LogP contribution in [0.1, 0.15) is 11.1 Å². The van der Waals surface area contributed by atoms with Crippen molar-refractivity contribution in [2.24, 2.45) is 0 Å². The third kappa shape index (κ3) is 3.36. The molecule has 140 valence electrons. The summed E-state index contributed by atoms with van der Waals surface area (Å²) in [5.41, 5.74) is 1.13. The first-order valence-electron chi connectivity index (χ1n) is 8.18. The van der Waals surface area contributed by atoms with Gasteiger partial charge in [0.25, 0.3) is 0 Å². The van der Waals surface area contributed by atoms with Crippen molar-refractivity contribution in [3.63, 3.8) is 0 Å². The van der Waals surface area contributed by atoms with E-state index in [4.69, 9.17) is 18.6 Å². The van der Waals surface area contributed by atoms with E-state index in [-0.39, 0.29) is 35.0 Å². The predicted octanol–water partition coefficient (Wildman–Crippen LogP) is 2.39. The summed E-state index contributed by atoms with van der Waals surface area (Å²) in [6, 6.07) is 8.38. The Kier molecular flexibility index (Phi) is 5.12. The highest BCUT2D eigenvalue weighted by atomic mass is 16.5. The van der Waals surface area contributed by atoms with E-state index in [1.165, 1.54) is 21.3 Å². The van der Waals surface area contributed by atoms with E-state index in [9.17, 15) is 14.4 Å². The molecule has 0 N–H and O–H groups in total. The van der Waals surface area contributed by atoms with Crippen LogP contribution in [0.4, 0.5) is 0 Å². The Balaban J connectivity index is 2.41. The minimum Gasteiger partial charge on any atom is -0.493 e. The van der Waals surface area contributed by atoms with Gasteiger partial charge in [0.2, 0.25) is 5.43 Å². The molecule has 0 aliphatic heterocycles. The van der Waals surface area contributed by atoms with Crippen LogP contribution in [0.3, 0.4) is 0 Å². The lowest BCUT2D eigenvalue weighted by molar-refractivity contribution is -0.140. The average Bonchev–Trinajstić information content (AvgIpc) is 2.67. The average molecular weight is 370 g/mol. The van der Waals surface area contributed by atoms with E-state index in [1.807, 2.05) is 0 Å². The van der Waals surface area contributed by atoms with Gasteiger partial charge in [-0.2, -0.15) is 0 Å². The zero-order chi connectivity index (χ0) is 19.6. The molecule has 0 amide bonds. The summed E-state index contributed by atoms with van der Waals surface area (Å²) in [5.74, 6) is -0.746. The molecule has 0 aliphatic rings. The summed E-state index contributed by atoms with van der Waals surface area (Å²) < 4.78 is 20.8. The highest BCUT2D eigenvalue weighted by Crippen LogP contribution is 2.34. The second-order valence-corrected chi connectivity index (χ2v) is 5.87. The molecule has 27 heavy (non-hydrogen) atoms. The number of carbonyl (C=O) groups excluding carboxylic acids is 2. The van der Waals surface area contributed by atoms with Crippen molar-refractivity contribution in [2.45, 2.75) is 12.8 Å². The third-order valence-electron chi connectivity index (χ3n) is 4.29. The summed E-state index contributed by atoms with van der Waals surface area (Å²) in [6.45, 7) is 0. The number of fused-ring (bicyclic) bond motifs is 2. The summed E-state index contributed by atoms with van der Waals surface area (Å²) in [7, 11) is 3.96. The van der Waals surface area contributed by atoms with Crippen molar-refractivity contribution in [1.82, 2.24) is 0 Å². The predicted molar refractivity (Wildman–Crippen MR) is 98.0 cm³/mol. The lowest BCUT2D eigenvalue weighted by Crippen LogP contribution is -2.13. The smallest absolute Gasteiger partial charge is 0.310 e. The lowest BCUT2D eigenvalue weighted by Gasteiger charge is -2.14. The largest absolute Gasteiger partial charge is 0.493 e. The van der Waals surface area contributed by atoms with Crippen molar-refractivity contribution in [1.29, 1.82) is 0 Å². The van der Waals surface area contributed by atoms with Crippen LogP contribution in [-0.2, 0) is 31.9 Å². The molecule has 7 nitrogen and oxygen atoms in total. The SMILES string of the molecule is COC(=O)Cc1cc(CC(=O)OC)c2c(=O)c3ccccc3oc2c1OC. The fourth-order valence-corrected chi connectivity index (χ4v) is 3.04.